The minimum absolute atomic E-state index is 0.174. The molecule has 116 valence electrons. The number of carbonyl (C=O) groups is 1. The van der Waals surface area contributed by atoms with E-state index in [0.717, 1.165) is 21.7 Å². The highest BCUT2D eigenvalue weighted by Gasteiger charge is 2.08. The average molecular weight is 371 g/mol. The van der Waals surface area contributed by atoms with Crippen molar-refractivity contribution >= 4 is 27.5 Å². The SMILES string of the molecule is Cc1cc(C)n(-c2ccc(NC(=O)c3cccc(Br)c3)cn2)n1. The van der Waals surface area contributed by atoms with E-state index in [0.29, 0.717) is 11.3 Å². The Balaban J connectivity index is 1.77. The van der Waals surface area contributed by atoms with Gasteiger partial charge in [0.25, 0.3) is 5.91 Å². The fourth-order valence-corrected chi connectivity index (χ4v) is 2.68. The van der Waals surface area contributed by atoms with Crippen LogP contribution in [0.15, 0.2) is 53.1 Å². The molecule has 1 aromatic carbocycles. The van der Waals surface area contributed by atoms with Gasteiger partial charge in [0.1, 0.15) is 0 Å². The monoisotopic (exact) mass is 370 g/mol. The Morgan fingerprint density at radius 3 is 2.61 bits per heavy atom. The summed E-state index contributed by atoms with van der Waals surface area (Å²) in [5.41, 5.74) is 3.18. The molecule has 2 aromatic heterocycles. The van der Waals surface area contributed by atoms with Crippen molar-refractivity contribution in [1.29, 1.82) is 0 Å². The molecule has 0 fully saturated rings. The molecule has 0 spiro atoms. The number of hydrogen-bond donors (Lipinski definition) is 1. The number of hydrogen-bond acceptors (Lipinski definition) is 3. The van der Waals surface area contributed by atoms with Crippen molar-refractivity contribution in [2.24, 2.45) is 0 Å². The van der Waals surface area contributed by atoms with Gasteiger partial charge in [0.2, 0.25) is 0 Å². The molecule has 6 heteroatoms. The van der Waals surface area contributed by atoms with Gasteiger partial charge in [-0.2, -0.15) is 5.10 Å². The lowest BCUT2D eigenvalue weighted by atomic mass is 10.2. The zero-order valence-electron chi connectivity index (χ0n) is 12.7. The summed E-state index contributed by atoms with van der Waals surface area (Å²) in [4.78, 5) is 16.6. The van der Waals surface area contributed by atoms with Crippen molar-refractivity contribution in [3.05, 3.63) is 70.1 Å². The Labute approximate surface area is 142 Å². The first kappa shape index (κ1) is 15.4. The lowest BCUT2D eigenvalue weighted by molar-refractivity contribution is 0.102. The Morgan fingerprint density at radius 2 is 2.00 bits per heavy atom. The van der Waals surface area contributed by atoms with Crippen molar-refractivity contribution in [3.63, 3.8) is 0 Å². The molecule has 0 atom stereocenters. The normalized spacial score (nSPS) is 10.6. The van der Waals surface area contributed by atoms with Crippen LogP contribution < -0.4 is 5.32 Å². The smallest absolute Gasteiger partial charge is 0.255 e. The number of nitrogens with zero attached hydrogens (tertiary/aromatic N) is 3. The van der Waals surface area contributed by atoms with E-state index in [2.05, 4.69) is 31.3 Å². The van der Waals surface area contributed by atoms with Gasteiger partial charge < -0.3 is 5.32 Å². The second kappa shape index (κ2) is 6.34. The predicted molar refractivity (Wildman–Crippen MR) is 92.9 cm³/mol. The predicted octanol–water partition coefficient (Wildman–Crippen LogP) is 3.90. The third-order valence-corrected chi connectivity index (χ3v) is 3.81. The van der Waals surface area contributed by atoms with Crippen LogP contribution in [0.1, 0.15) is 21.7 Å². The number of aromatic nitrogens is 3. The van der Waals surface area contributed by atoms with Crippen LogP contribution in [-0.2, 0) is 0 Å². The second-order valence-electron chi connectivity index (χ2n) is 5.21. The van der Waals surface area contributed by atoms with Crippen LogP contribution in [0.25, 0.3) is 5.82 Å². The molecule has 0 saturated heterocycles. The van der Waals surface area contributed by atoms with Gasteiger partial charge in [0, 0.05) is 15.7 Å². The van der Waals surface area contributed by atoms with E-state index in [4.69, 9.17) is 0 Å². The highest BCUT2D eigenvalue weighted by atomic mass is 79.9. The summed E-state index contributed by atoms with van der Waals surface area (Å²) in [7, 11) is 0. The topological polar surface area (TPSA) is 59.8 Å². The Hall–Kier alpha value is -2.47. The lowest BCUT2D eigenvalue weighted by Gasteiger charge is -2.07. The summed E-state index contributed by atoms with van der Waals surface area (Å²) >= 11 is 3.36. The highest BCUT2D eigenvalue weighted by molar-refractivity contribution is 9.10. The number of carbonyl (C=O) groups excluding carboxylic acids is 1. The van der Waals surface area contributed by atoms with Gasteiger partial charge in [-0.25, -0.2) is 9.67 Å². The fourth-order valence-electron chi connectivity index (χ4n) is 2.28. The van der Waals surface area contributed by atoms with Gasteiger partial charge in [0.05, 0.1) is 17.6 Å². The molecule has 0 radical (unpaired) electrons. The van der Waals surface area contributed by atoms with Crippen LogP contribution in [-0.4, -0.2) is 20.7 Å². The third-order valence-electron chi connectivity index (χ3n) is 3.32. The van der Waals surface area contributed by atoms with E-state index in [1.54, 1.807) is 23.0 Å². The standard InChI is InChI=1S/C17H15BrN4O/c1-11-8-12(2)22(21-11)16-7-6-15(10-19-16)20-17(23)13-4-3-5-14(18)9-13/h3-10H,1-2H3,(H,20,23). The molecular formula is C17H15BrN4O. The van der Waals surface area contributed by atoms with E-state index in [1.807, 2.05) is 44.2 Å². The summed E-state index contributed by atoms with van der Waals surface area (Å²) in [6.07, 6.45) is 1.63. The van der Waals surface area contributed by atoms with Crippen molar-refractivity contribution in [1.82, 2.24) is 14.8 Å². The molecule has 5 nitrogen and oxygen atoms in total. The molecule has 0 aliphatic rings. The first-order chi connectivity index (χ1) is 11.0. The lowest BCUT2D eigenvalue weighted by Crippen LogP contribution is -2.12. The van der Waals surface area contributed by atoms with Crippen molar-refractivity contribution in [2.45, 2.75) is 13.8 Å². The first-order valence-electron chi connectivity index (χ1n) is 7.09. The van der Waals surface area contributed by atoms with E-state index >= 15 is 0 Å². The van der Waals surface area contributed by atoms with Gasteiger partial charge >= 0.3 is 0 Å². The number of pyridine rings is 1. The maximum absolute atomic E-state index is 12.2. The van der Waals surface area contributed by atoms with Crippen LogP contribution in [0.2, 0.25) is 0 Å². The van der Waals surface area contributed by atoms with Gasteiger partial charge in [-0.15, -0.1) is 0 Å². The molecular weight excluding hydrogens is 356 g/mol. The number of rotatable bonds is 3. The van der Waals surface area contributed by atoms with Gasteiger partial charge in [-0.3, -0.25) is 4.79 Å². The van der Waals surface area contributed by atoms with Crippen LogP contribution in [0, 0.1) is 13.8 Å². The molecule has 2 heterocycles. The van der Waals surface area contributed by atoms with E-state index < -0.39 is 0 Å². The summed E-state index contributed by atoms with van der Waals surface area (Å²) in [5, 5.41) is 7.22. The van der Waals surface area contributed by atoms with Crippen LogP contribution in [0.3, 0.4) is 0 Å². The van der Waals surface area contributed by atoms with Gasteiger partial charge in [-0.1, -0.05) is 22.0 Å². The fraction of sp³-hybridized carbons (Fsp3) is 0.118. The minimum Gasteiger partial charge on any atom is -0.321 e. The first-order valence-corrected chi connectivity index (χ1v) is 7.89. The Bertz CT molecular complexity index is 855. The molecule has 0 saturated carbocycles. The van der Waals surface area contributed by atoms with Crippen molar-refractivity contribution < 1.29 is 4.79 Å². The van der Waals surface area contributed by atoms with Crippen molar-refractivity contribution in [2.75, 3.05) is 5.32 Å². The molecule has 23 heavy (non-hydrogen) atoms. The van der Waals surface area contributed by atoms with Crippen LogP contribution in [0.5, 0.6) is 0 Å². The van der Waals surface area contributed by atoms with E-state index in [1.165, 1.54) is 0 Å². The zero-order valence-corrected chi connectivity index (χ0v) is 14.3. The molecule has 0 unspecified atom stereocenters. The maximum Gasteiger partial charge on any atom is 0.255 e. The van der Waals surface area contributed by atoms with Crippen LogP contribution >= 0.6 is 15.9 Å². The maximum atomic E-state index is 12.2. The third kappa shape index (κ3) is 3.48. The molecule has 1 amide bonds. The molecule has 1 N–H and O–H groups in total. The number of halogens is 1. The van der Waals surface area contributed by atoms with E-state index in [-0.39, 0.29) is 5.91 Å². The molecule has 3 aromatic rings. The van der Waals surface area contributed by atoms with Crippen LogP contribution in [0.4, 0.5) is 5.69 Å². The summed E-state index contributed by atoms with van der Waals surface area (Å²) < 4.78 is 2.64. The number of benzene rings is 1. The average Bonchev–Trinajstić information content (AvgIpc) is 2.86. The van der Waals surface area contributed by atoms with Gasteiger partial charge in [-0.05, 0) is 50.2 Å². The molecule has 0 aliphatic heterocycles. The molecule has 3 rings (SSSR count). The molecule has 0 aliphatic carbocycles. The summed E-state index contributed by atoms with van der Waals surface area (Å²) in [5.74, 6) is 0.544. The Kier molecular flexibility index (Phi) is 4.25. The largest absolute Gasteiger partial charge is 0.321 e. The van der Waals surface area contributed by atoms with Gasteiger partial charge in [0.15, 0.2) is 5.82 Å². The molecule has 0 bridgehead atoms. The number of aryl methyl sites for hydroxylation is 2. The summed E-state index contributed by atoms with van der Waals surface area (Å²) in [6, 6.07) is 12.9. The van der Waals surface area contributed by atoms with E-state index in [9.17, 15) is 4.79 Å². The number of amides is 1. The zero-order chi connectivity index (χ0) is 16.4. The van der Waals surface area contributed by atoms with Crippen molar-refractivity contribution in [3.8, 4) is 5.82 Å². The minimum atomic E-state index is -0.174. The quantitative estimate of drug-likeness (QED) is 0.760. The highest BCUT2D eigenvalue weighted by Crippen LogP contribution is 2.15. The Morgan fingerprint density at radius 1 is 1.17 bits per heavy atom. The second-order valence-corrected chi connectivity index (χ2v) is 6.12. The summed E-state index contributed by atoms with van der Waals surface area (Å²) in [6.45, 7) is 3.92. The number of nitrogens with one attached hydrogen (secondary N) is 1. The number of anilines is 1.